The third-order valence-electron chi connectivity index (χ3n) is 4.31. The highest BCUT2D eigenvalue weighted by atomic mass is 35.5. The first-order valence-electron chi connectivity index (χ1n) is 8.97. The van der Waals surface area contributed by atoms with E-state index in [1.165, 1.54) is 5.56 Å². The van der Waals surface area contributed by atoms with E-state index in [2.05, 4.69) is 48.3 Å². The number of carbonyl (C=O) groups excluding carboxylic acids is 1. The topological polar surface area (TPSA) is 41.6 Å². The number of benzene rings is 2. The molecule has 0 saturated carbocycles. The van der Waals surface area contributed by atoms with Crippen molar-refractivity contribution in [2.75, 3.05) is 19.7 Å². The number of halogens is 1. The molecule has 2 rings (SSSR count). The zero-order chi connectivity index (χ0) is 18.9. The summed E-state index contributed by atoms with van der Waals surface area (Å²) in [4.78, 5) is 14.3. The largest absolute Gasteiger partial charge is 0.484 e. The van der Waals surface area contributed by atoms with Crippen molar-refractivity contribution >= 4 is 17.5 Å². The van der Waals surface area contributed by atoms with Crippen LogP contribution < -0.4 is 10.1 Å². The van der Waals surface area contributed by atoms with Gasteiger partial charge in [0, 0.05) is 18.1 Å². The number of aryl methyl sites for hydroxylation is 1. The predicted molar refractivity (Wildman–Crippen MR) is 107 cm³/mol. The van der Waals surface area contributed by atoms with Gasteiger partial charge in [-0.3, -0.25) is 9.69 Å². The molecule has 0 heterocycles. The summed E-state index contributed by atoms with van der Waals surface area (Å²) in [6.07, 6.45) is 0. The molecule has 0 saturated heterocycles. The average Bonchev–Trinajstić information content (AvgIpc) is 2.66. The molecule has 5 heteroatoms. The first-order chi connectivity index (χ1) is 12.5. The maximum atomic E-state index is 12.0. The molecule has 1 amide bonds. The first-order valence-corrected chi connectivity index (χ1v) is 9.35. The van der Waals surface area contributed by atoms with Gasteiger partial charge in [0.2, 0.25) is 0 Å². The summed E-state index contributed by atoms with van der Waals surface area (Å²) >= 11 is 5.98. The summed E-state index contributed by atoms with van der Waals surface area (Å²) in [6, 6.07) is 13.7. The van der Waals surface area contributed by atoms with Gasteiger partial charge in [-0.1, -0.05) is 49.7 Å². The molecule has 0 spiro atoms. The van der Waals surface area contributed by atoms with E-state index in [0.29, 0.717) is 17.3 Å². The van der Waals surface area contributed by atoms with Crippen molar-refractivity contribution in [1.29, 1.82) is 0 Å². The summed E-state index contributed by atoms with van der Waals surface area (Å²) in [5, 5.41) is 3.56. The molecule has 140 valence electrons. The fraction of sp³-hybridized carbons (Fsp3) is 0.381. The molecule has 0 unspecified atom stereocenters. The Morgan fingerprint density at radius 1 is 1.08 bits per heavy atom. The molecule has 0 fully saturated rings. The van der Waals surface area contributed by atoms with Crippen molar-refractivity contribution in [3.63, 3.8) is 0 Å². The fourth-order valence-corrected chi connectivity index (χ4v) is 2.69. The number of ether oxygens (including phenoxy) is 1. The van der Waals surface area contributed by atoms with Gasteiger partial charge in [-0.25, -0.2) is 0 Å². The molecule has 0 aliphatic carbocycles. The van der Waals surface area contributed by atoms with Crippen molar-refractivity contribution in [3.8, 4) is 5.75 Å². The molecular formula is C21H27ClN2O2. The number of carbonyl (C=O) groups is 1. The summed E-state index contributed by atoms with van der Waals surface area (Å²) in [6.45, 7) is 9.76. The van der Waals surface area contributed by atoms with E-state index in [9.17, 15) is 4.79 Å². The van der Waals surface area contributed by atoms with Crippen molar-refractivity contribution in [1.82, 2.24) is 10.2 Å². The Morgan fingerprint density at radius 3 is 2.35 bits per heavy atom. The summed E-state index contributed by atoms with van der Waals surface area (Å²) in [5.41, 5.74) is 3.28. The van der Waals surface area contributed by atoms with Gasteiger partial charge in [-0.15, -0.1) is 0 Å². The zero-order valence-electron chi connectivity index (χ0n) is 15.7. The molecule has 2 aromatic carbocycles. The molecular weight excluding hydrogens is 348 g/mol. The minimum absolute atomic E-state index is 0.0128. The van der Waals surface area contributed by atoms with Crippen LogP contribution in [0.5, 0.6) is 5.75 Å². The Bertz CT molecular complexity index is 712. The number of rotatable bonds is 9. The molecule has 4 nitrogen and oxygen atoms in total. The Kier molecular flexibility index (Phi) is 7.95. The number of amides is 1. The highest BCUT2D eigenvalue weighted by molar-refractivity contribution is 6.31. The lowest BCUT2D eigenvalue weighted by Gasteiger charge is -2.18. The maximum Gasteiger partial charge on any atom is 0.258 e. The molecule has 0 radical (unpaired) electrons. The number of hydrogen-bond donors (Lipinski definition) is 1. The van der Waals surface area contributed by atoms with E-state index >= 15 is 0 Å². The molecule has 2 aromatic rings. The molecule has 0 aromatic heterocycles. The Morgan fingerprint density at radius 2 is 1.73 bits per heavy atom. The van der Waals surface area contributed by atoms with Crippen LogP contribution in [0.3, 0.4) is 0 Å². The van der Waals surface area contributed by atoms with Crippen LogP contribution >= 0.6 is 11.6 Å². The Hall–Kier alpha value is -2.04. The minimum Gasteiger partial charge on any atom is -0.484 e. The lowest BCUT2D eigenvalue weighted by atomic mass is 10.1. The second-order valence-electron chi connectivity index (χ2n) is 6.25. The van der Waals surface area contributed by atoms with Crippen LogP contribution in [0.25, 0.3) is 0 Å². The summed E-state index contributed by atoms with van der Waals surface area (Å²) in [5.74, 6) is 0.493. The van der Waals surface area contributed by atoms with Gasteiger partial charge in [-0.05, 0) is 54.9 Å². The van der Waals surface area contributed by atoms with Crippen molar-refractivity contribution in [2.24, 2.45) is 0 Å². The van der Waals surface area contributed by atoms with Gasteiger partial charge >= 0.3 is 0 Å². The highest BCUT2D eigenvalue weighted by Crippen LogP contribution is 2.20. The number of nitrogens with zero attached hydrogens (tertiary/aromatic N) is 1. The fourth-order valence-electron chi connectivity index (χ4n) is 2.58. The van der Waals surface area contributed by atoms with E-state index in [0.717, 1.165) is 30.8 Å². The average molecular weight is 375 g/mol. The van der Waals surface area contributed by atoms with E-state index < -0.39 is 0 Å². The third kappa shape index (κ3) is 6.36. The lowest BCUT2D eigenvalue weighted by molar-refractivity contribution is -0.123. The van der Waals surface area contributed by atoms with E-state index in [1.54, 1.807) is 12.1 Å². The standard InChI is InChI=1S/C21H27ClN2O2/c1-4-24(5-2)14-18-8-6-17(7-9-18)13-23-21(25)15-26-19-10-11-20(22)16(3)12-19/h6-12H,4-5,13-15H2,1-3H3,(H,23,25). The van der Waals surface area contributed by atoms with Gasteiger partial charge in [0.05, 0.1) is 0 Å². The zero-order valence-corrected chi connectivity index (χ0v) is 16.5. The van der Waals surface area contributed by atoms with Crippen LogP contribution in [0.4, 0.5) is 0 Å². The highest BCUT2D eigenvalue weighted by Gasteiger charge is 2.05. The van der Waals surface area contributed by atoms with E-state index in [-0.39, 0.29) is 12.5 Å². The van der Waals surface area contributed by atoms with Crippen LogP contribution in [-0.2, 0) is 17.9 Å². The second-order valence-corrected chi connectivity index (χ2v) is 6.66. The van der Waals surface area contributed by atoms with Crippen LogP contribution in [0.1, 0.15) is 30.5 Å². The Labute approximate surface area is 161 Å². The summed E-state index contributed by atoms with van der Waals surface area (Å²) < 4.78 is 5.50. The molecule has 0 atom stereocenters. The maximum absolute atomic E-state index is 12.0. The molecule has 1 N–H and O–H groups in total. The monoisotopic (exact) mass is 374 g/mol. The third-order valence-corrected chi connectivity index (χ3v) is 4.74. The Balaban J connectivity index is 1.77. The van der Waals surface area contributed by atoms with Gasteiger partial charge < -0.3 is 10.1 Å². The van der Waals surface area contributed by atoms with Crippen molar-refractivity contribution in [3.05, 3.63) is 64.2 Å². The normalized spacial score (nSPS) is 10.8. The van der Waals surface area contributed by atoms with Crippen molar-refractivity contribution in [2.45, 2.75) is 33.9 Å². The van der Waals surface area contributed by atoms with Gasteiger partial charge in [0.25, 0.3) is 5.91 Å². The minimum atomic E-state index is -0.148. The van der Waals surface area contributed by atoms with Crippen LogP contribution in [-0.4, -0.2) is 30.5 Å². The van der Waals surface area contributed by atoms with E-state index in [1.807, 2.05) is 13.0 Å². The molecule has 0 bridgehead atoms. The number of hydrogen-bond acceptors (Lipinski definition) is 3. The predicted octanol–water partition coefficient (Wildman–Crippen LogP) is 4.19. The summed E-state index contributed by atoms with van der Waals surface area (Å²) in [7, 11) is 0. The van der Waals surface area contributed by atoms with E-state index in [4.69, 9.17) is 16.3 Å². The van der Waals surface area contributed by atoms with Crippen LogP contribution in [0.2, 0.25) is 5.02 Å². The smallest absolute Gasteiger partial charge is 0.258 e. The quantitative estimate of drug-likeness (QED) is 0.715. The molecule has 0 aliphatic rings. The van der Waals surface area contributed by atoms with Gasteiger partial charge in [0.1, 0.15) is 5.75 Å². The molecule has 0 aliphatic heterocycles. The van der Waals surface area contributed by atoms with Crippen LogP contribution in [0, 0.1) is 6.92 Å². The first kappa shape index (κ1) is 20.3. The van der Waals surface area contributed by atoms with Gasteiger partial charge in [-0.2, -0.15) is 0 Å². The van der Waals surface area contributed by atoms with Crippen molar-refractivity contribution < 1.29 is 9.53 Å². The van der Waals surface area contributed by atoms with Gasteiger partial charge in [0.15, 0.2) is 6.61 Å². The second kappa shape index (κ2) is 10.2. The van der Waals surface area contributed by atoms with Crippen LogP contribution in [0.15, 0.2) is 42.5 Å². The lowest BCUT2D eigenvalue weighted by Crippen LogP contribution is -2.28. The number of nitrogens with one attached hydrogen (secondary N) is 1. The SMILES string of the molecule is CCN(CC)Cc1ccc(CNC(=O)COc2ccc(Cl)c(C)c2)cc1. The molecule has 26 heavy (non-hydrogen) atoms.